The molecule has 0 aliphatic heterocycles. The Hall–Kier alpha value is -2.52. The number of carbonyl (C=O) groups is 1. The molecule has 0 spiro atoms. The third-order valence-electron chi connectivity index (χ3n) is 3.79. The van der Waals surface area contributed by atoms with Gasteiger partial charge in [0, 0.05) is 12.6 Å². The van der Waals surface area contributed by atoms with E-state index in [-0.39, 0.29) is 11.4 Å². The van der Waals surface area contributed by atoms with Gasteiger partial charge in [0.2, 0.25) is 5.91 Å². The van der Waals surface area contributed by atoms with Crippen LogP contribution in [0.15, 0.2) is 53.7 Å². The van der Waals surface area contributed by atoms with Crippen LogP contribution in [0.4, 0.5) is 18.9 Å². The molecule has 0 aliphatic carbocycles. The number of hydrogen-bond acceptors (Lipinski definition) is 4. The first-order valence-electron chi connectivity index (χ1n) is 8.00. The quantitative estimate of drug-likeness (QED) is 0.590. The maximum absolute atomic E-state index is 13.0. The van der Waals surface area contributed by atoms with Crippen LogP contribution in [0.25, 0.3) is 11.4 Å². The van der Waals surface area contributed by atoms with Crippen molar-refractivity contribution in [1.29, 1.82) is 0 Å². The zero-order valence-electron chi connectivity index (χ0n) is 14.5. The van der Waals surface area contributed by atoms with E-state index in [1.165, 1.54) is 18.2 Å². The van der Waals surface area contributed by atoms with Crippen LogP contribution >= 0.6 is 23.4 Å². The summed E-state index contributed by atoms with van der Waals surface area (Å²) in [4.78, 5) is 12.1. The van der Waals surface area contributed by atoms with Crippen LogP contribution in [-0.2, 0) is 18.0 Å². The lowest BCUT2D eigenvalue weighted by Crippen LogP contribution is -2.18. The molecule has 146 valence electrons. The molecule has 0 radical (unpaired) electrons. The molecule has 1 N–H and O–H groups in total. The lowest BCUT2D eigenvalue weighted by Gasteiger charge is -2.13. The van der Waals surface area contributed by atoms with Crippen LogP contribution in [0.3, 0.4) is 0 Å². The van der Waals surface area contributed by atoms with Gasteiger partial charge in [0.1, 0.15) is 0 Å². The number of halogens is 4. The molecule has 3 aromatic rings. The molecule has 2 aromatic carbocycles. The number of amides is 1. The van der Waals surface area contributed by atoms with Crippen LogP contribution in [-0.4, -0.2) is 26.4 Å². The SMILES string of the molecule is Cn1c(SCC(=O)Nc2ccccc2C(F)(F)F)nnc1-c1ccccc1Cl. The van der Waals surface area contributed by atoms with Gasteiger partial charge in [0.25, 0.3) is 0 Å². The van der Waals surface area contributed by atoms with E-state index < -0.39 is 17.6 Å². The minimum atomic E-state index is -4.55. The first-order chi connectivity index (χ1) is 13.3. The van der Waals surface area contributed by atoms with E-state index in [1.807, 2.05) is 6.07 Å². The number of para-hydroxylation sites is 1. The maximum Gasteiger partial charge on any atom is 0.418 e. The van der Waals surface area contributed by atoms with Gasteiger partial charge in [-0.05, 0) is 24.3 Å². The number of carbonyl (C=O) groups excluding carboxylic acids is 1. The topological polar surface area (TPSA) is 59.8 Å². The molecule has 0 aliphatic rings. The molecule has 28 heavy (non-hydrogen) atoms. The van der Waals surface area contributed by atoms with Crippen LogP contribution in [0.5, 0.6) is 0 Å². The number of nitrogens with zero attached hydrogens (tertiary/aromatic N) is 3. The average molecular weight is 427 g/mol. The fourth-order valence-electron chi connectivity index (χ4n) is 2.47. The number of benzene rings is 2. The van der Waals surface area contributed by atoms with Gasteiger partial charge in [0.05, 0.1) is 22.0 Å². The smallest absolute Gasteiger partial charge is 0.325 e. The first kappa shape index (κ1) is 20.2. The summed E-state index contributed by atoms with van der Waals surface area (Å²) in [6.45, 7) is 0. The number of rotatable bonds is 5. The number of alkyl halides is 3. The van der Waals surface area contributed by atoms with Crippen molar-refractivity contribution in [1.82, 2.24) is 14.8 Å². The van der Waals surface area contributed by atoms with Gasteiger partial charge in [-0.3, -0.25) is 4.79 Å². The summed E-state index contributed by atoms with van der Waals surface area (Å²) >= 11 is 7.23. The van der Waals surface area contributed by atoms with Crippen molar-refractivity contribution in [3.63, 3.8) is 0 Å². The number of thioether (sulfide) groups is 1. The van der Waals surface area contributed by atoms with Crippen molar-refractivity contribution in [2.75, 3.05) is 11.1 Å². The molecule has 0 unspecified atom stereocenters. The molecule has 1 aromatic heterocycles. The fraction of sp³-hybridized carbons (Fsp3) is 0.167. The Morgan fingerprint density at radius 3 is 2.54 bits per heavy atom. The molecule has 0 saturated carbocycles. The number of anilines is 1. The highest BCUT2D eigenvalue weighted by Crippen LogP contribution is 2.34. The molecule has 1 amide bonds. The molecule has 5 nitrogen and oxygen atoms in total. The second-order valence-electron chi connectivity index (χ2n) is 5.73. The highest BCUT2D eigenvalue weighted by molar-refractivity contribution is 7.99. The molecule has 3 rings (SSSR count). The maximum atomic E-state index is 13.0. The third-order valence-corrected chi connectivity index (χ3v) is 5.14. The van der Waals surface area contributed by atoms with E-state index in [1.54, 1.807) is 29.8 Å². The Kier molecular flexibility index (Phi) is 5.95. The number of hydrogen-bond donors (Lipinski definition) is 1. The minimum absolute atomic E-state index is 0.124. The summed E-state index contributed by atoms with van der Waals surface area (Å²) in [5.74, 6) is -0.180. The van der Waals surface area contributed by atoms with Gasteiger partial charge in [-0.2, -0.15) is 13.2 Å². The van der Waals surface area contributed by atoms with Crippen molar-refractivity contribution in [3.05, 3.63) is 59.1 Å². The second-order valence-corrected chi connectivity index (χ2v) is 7.07. The molecular formula is C18H14ClF3N4OS. The highest BCUT2D eigenvalue weighted by Gasteiger charge is 2.33. The zero-order valence-corrected chi connectivity index (χ0v) is 16.1. The first-order valence-corrected chi connectivity index (χ1v) is 9.37. The average Bonchev–Trinajstić information content (AvgIpc) is 3.00. The molecular weight excluding hydrogens is 413 g/mol. The summed E-state index contributed by atoms with van der Waals surface area (Å²) < 4.78 is 40.7. The molecule has 0 atom stereocenters. The summed E-state index contributed by atoms with van der Waals surface area (Å²) in [6.07, 6.45) is -4.55. The Bertz CT molecular complexity index is 1010. The highest BCUT2D eigenvalue weighted by atomic mass is 35.5. The van der Waals surface area contributed by atoms with E-state index in [0.717, 1.165) is 17.8 Å². The molecule has 1 heterocycles. The molecule has 0 bridgehead atoms. The van der Waals surface area contributed by atoms with Crippen LogP contribution < -0.4 is 5.32 Å². The standard InChI is InChI=1S/C18H14ClF3N4OS/c1-26-16(11-6-2-4-8-13(11)19)24-25-17(26)28-10-15(27)23-14-9-5-3-7-12(14)18(20,21)22/h2-9H,10H2,1H3,(H,23,27). The van der Waals surface area contributed by atoms with E-state index in [4.69, 9.17) is 11.6 Å². The Morgan fingerprint density at radius 2 is 1.82 bits per heavy atom. The van der Waals surface area contributed by atoms with Gasteiger partial charge < -0.3 is 9.88 Å². The van der Waals surface area contributed by atoms with Crippen molar-refractivity contribution < 1.29 is 18.0 Å². The van der Waals surface area contributed by atoms with Gasteiger partial charge in [-0.15, -0.1) is 10.2 Å². The van der Waals surface area contributed by atoms with Gasteiger partial charge in [-0.1, -0.05) is 47.6 Å². The van der Waals surface area contributed by atoms with E-state index in [0.29, 0.717) is 21.6 Å². The predicted octanol–water partition coefficient (Wildman–Crippen LogP) is 4.89. The van der Waals surface area contributed by atoms with Gasteiger partial charge in [-0.25, -0.2) is 0 Å². The third kappa shape index (κ3) is 4.48. The van der Waals surface area contributed by atoms with Crippen molar-refractivity contribution in [2.24, 2.45) is 7.05 Å². The molecule has 10 heteroatoms. The Morgan fingerprint density at radius 1 is 1.14 bits per heavy atom. The number of nitrogens with one attached hydrogen (secondary N) is 1. The summed E-state index contributed by atoms with van der Waals surface area (Å²) in [5.41, 5.74) is -0.488. The predicted molar refractivity (Wildman–Crippen MR) is 102 cm³/mol. The van der Waals surface area contributed by atoms with Gasteiger partial charge >= 0.3 is 6.18 Å². The lowest BCUT2D eigenvalue weighted by molar-refractivity contribution is -0.137. The minimum Gasteiger partial charge on any atom is -0.325 e. The monoisotopic (exact) mass is 426 g/mol. The Labute approximate surface area is 167 Å². The van der Waals surface area contributed by atoms with Crippen LogP contribution in [0.1, 0.15) is 5.56 Å². The normalized spacial score (nSPS) is 11.5. The number of aromatic nitrogens is 3. The largest absolute Gasteiger partial charge is 0.418 e. The van der Waals surface area contributed by atoms with Crippen LogP contribution in [0, 0.1) is 0 Å². The summed E-state index contributed by atoms with van der Waals surface area (Å²) in [6, 6.07) is 11.9. The summed E-state index contributed by atoms with van der Waals surface area (Å²) in [5, 5.41) is 11.4. The zero-order chi connectivity index (χ0) is 20.3. The lowest BCUT2D eigenvalue weighted by atomic mass is 10.1. The van der Waals surface area contributed by atoms with E-state index >= 15 is 0 Å². The van der Waals surface area contributed by atoms with Crippen molar-refractivity contribution in [2.45, 2.75) is 11.3 Å². The second kappa shape index (κ2) is 8.24. The summed E-state index contributed by atoms with van der Waals surface area (Å²) in [7, 11) is 1.72. The van der Waals surface area contributed by atoms with Crippen LogP contribution in [0.2, 0.25) is 5.02 Å². The Balaban J connectivity index is 1.69. The van der Waals surface area contributed by atoms with Crippen molar-refractivity contribution >= 4 is 35.0 Å². The molecule has 0 saturated heterocycles. The fourth-order valence-corrected chi connectivity index (χ4v) is 3.40. The van der Waals surface area contributed by atoms with E-state index in [2.05, 4.69) is 15.5 Å². The molecule has 0 fully saturated rings. The van der Waals surface area contributed by atoms with Gasteiger partial charge in [0.15, 0.2) is 11.0 Å². The van der Waals surface area contributed by atoms with E-state index in [9.17, 15) is 18.0 Å². The van der Waals surface area contributed by atoms with Crippen molar-refractivity contribution in [3.8, 4) is 11.4 Å².